The number of alkyl halides is 6. The van der Waals surface area contributed by atoms with Crippen molar-refractivity contribution in [2.24, 2.45) is 5.92 Å². The highest BCUT2D eigenvalue weighted by molar-refractivity contribution is 5.82. The number of amides is 1. The van der Waals surface area contributed by atoms with Crippen molar-refractivity contribution in [2.75, 3.05) is 26.2 Å². The van der Waals surface area contributed by atoms with E-state index in [1.807, 2.05) is 4.90 Å². The van der Waals surface area contributed by atoms with E-state index in [2.05, 4.69) is 5.32 Å². The number of hydrogen-bond acceptors (Lipinski definition) is 5. The van der Waals surface area contributed by atoms with Gasteiger partial charge in [-0.25, -0.2) is 8.78 Å². The van der Waals surface area contributed by atoms with Gasteiger partial charge in [0.05, 0.1) is 30.2 Å². The van der Waals surface area contributed by atoms with Gasteiger partial charge in [-0.1, -0.05) is 32.0 Å². The van der Waals surface area contributed by atoms with Crippen molar-refractivity contribution in [1.29, 1.82) is 0 Å². The number of carbonyl (C=O) groups is 2. The summed E-state index contributed by atoms with van der Waals surface area (Å²) in [7, 11) is 0. The molecule has 1 unspecified atom stereocenters. The maximum Gasteiger partial charge on any atom is 0.419 e. The first-order valence-electron chi connectivity index (χ1n) is 16.9. The molecule has 1 fully saturated rings. The van der Waals surface area contributed by atoms with Crippen LogP contribution in [0.25, 0.3) is 11.1 Å². The molecule has 7 nitrogen and oxygen atoms in total. The molecule has 2 aromatic carbocycles. The molecule has 1 saturated heterocycles. The summed E-state index contributed by atoms with van der Waals surface area (Å²) >= 11 is 0. The number of carbonyl (C=O) groups excluding carboxylic acids is 2. The predicted octanol–water partition coefficient (Wildman–Crippen LogP) is 8.09. The molecule has 1 aromatic heterocycles. The molecule has 1 aliphatic rings. The van der Waals surface area contributed by atoms with Gasteiger partial charge in [0.15, 0.2) is 0 Å². The van der Waals surface area contributed by atoms with Gasteiger partial charge in [0.1, 0.15) is 17.7 Å². The van der Waals surface area contributed by atoms with Crippen molar-refractivity contribution in [3.05, 3.63) is 91.9 Å². The van der Waals surface area contributed by atoms with Crippen LogP contribution < -0.4 is 10.9 Å². The summed E-state index contributed by atoms with van der Waals surface area (Å²) in [6.45, 7) is 9.18. The van der Waals surface area contributed by atoms with Crippen LogP contribution in [0.2, 0.25) is 0 Å². The standard InChI is InChI=1S/C37H41F8N3O4/c1-6-52-30(50)18-27(32-33(38)24(16-26(34(32)39)37(43,44)45)31-21(4)9-7-10-22(31)5)46-35(51)28(15-20(2)3)48-19-23(11-14-47-12-8-13-47)25(17-29(48)49)36(40,41)42/h7,9-10,16-17,19-20,27-28H,6,8,11-15,18H2,1-5H3,(H,46,51)/t27-,28?/m0/s1. The third-order valence-corrected chi connectivity index (χ3v) is 9.08. The third-order valence-electron chi connectivity index (χ3n) is 9.08. The lowest BCUT2D eigenvalue weighted by molar-refractivity contribution is -0.144. The van der Waals surface area contributed by atoms with Gasteiger partial charge in [-0.05, 0) is 87.4 Å². The number of aryl methyl sites for hydroxylation is 2. The van der Waals surface area contributed by atoms with Crippen LogP contribution in [0.5, 0.6) is 0 Å². The van der Waals surface area contributed by atoms with Crippen LogP contribution >= 0.6 is 0 Å². The molecule has 4 rings (SSSR count). The SMILES string of the molecule is CCOC(=O)C[C@H](NC(=O)C(CC(C)C)n1cc(CCN2CCC2)c(C(F)(F)F)cc1=O)c1c(F)c(-c2c(C)cccc2C)cc(C(F)(F)F)c1F. The summed E-state index contributed by atoms with van der Waals surface area (Å²) in [5, 5.41) is 2.28. The molecule has 0 aliphatic carbocycles. The fraction of sp³-hybridized carbons (Fsp3) is 0.486. The Hall–Kier alpha value is -4.27. The van der Waals surface area contributed by atoms with E-state index in [9.17, 15) is 40.7 Å². The van der Waals surface area contributed by atoms with Gasteiger partial charge in [-0.3, -0.25) is 14.4 Å². The molecule has 1 N–H and O–H groups in total. The minimum atomic E-state index is -5.34. The smallest absolute Gasteiger partial charge is 0.419 e. The number of likely N-dealkylation sites (tertiary alicyclic amines) is 1. The predicted molar refractivity (Wildman–Crippen MR) is 177 cm³/mol. The highest BCUT2D eigenvalue weighted by Gasteiger charge is 2.41. The van der Waals surface area contributed by atoms with Gasteiger partial charge in [0, 0.05) is 29.9 Å². The van der Waals surface area contributed by atoms with Crippen LogP contribution in [0.15, 0.2) is 41.3 Å². The summed E-state index contributed by atoms with van der Waals surface area (Å²) in [5.41, 5.74) is -5.64. The largest absolute Gasteiger partial charge is 0.466 e. The normalized spacial score (nSPS) is 15.0. The molecule has 0 bridgehead atoms. The number of rotatable bonds is 13. The van der Waals surface area contributed by atoms with E-state index in [4.69, 9.17) is 4.74 Å². The average Bonchev–Trinajstić information content (AvgIpc) is 2.99. The number of nitrogens with zero attached hydrogens (tertiary/aromatic N) is 2. The van der Waals surface area contributed by atoms with Crippen molar-refractivity contribution >= 4 is 11.9 Å². The summed E-state index contributed by atoms with van der Waals surface area (Å²) in [6.07, 6.45) is -9.71. The van der Waals surface area contributed by atoms with Crippen LogP contribution in [0.4, 0.5) is 35.1 Å². The zero-order valence-corrected chi connectivity index (χ0v) is 29.4. The van der Waals surface area contributed by atoms with Crippen molar-refractivity contribution in [3.8, 4) is 11.1 Å². The molecule has 0 saturated carbocycles. The maximum atomic E-state index is 16.6. The number of hydrogen-bond donors (Lipinski definition) is 1. The van der Waals surface area contributed by atoms with Crippen molar-refractivity contribution in [1.82, 2.24) is 14.8 Å². The Kier molecular flexibility index (Phi) is 12.6. The van der Waals surface area contributed by atoms with E-state index in [-0.39, 0.29) is 43.0 Å². The Morgan fingerprint density at radius 3 is 2.08 bits per heavy atom. The highest BCUT2D eigenvalue weighted by Crippen LogP contribution is 2.42. The summed E-state index contributed by atoms with van der Waals surface area (Å²) in [4.78, 5) is 42.1. The molecule has 2 atom stereocenters. The molecule has 0 radical (unpaired) electrons. The second-order valence-corrected chi connectivity index (χ2v) is 13.4. The van der Waals surface area contributed by atoms with Crippen LogP contribution in [0.1, 0.15) is 85.5 Å². The number of esters is 1. The lowest BCUT2D eigenvalue weighted by Gasteiger charge is -2.31. The fourth-order valence-corrected chi connectivity index (χ4v) is 6.45. The molecule has 15 heteroatoms. The Morgan fingerprint density at radius 2 is 1.56 bits per heavy atom. The lowest BCUT2D eigenvalue weighted by atomic mass is 9.89. The number of halogens is 8. The summed E-state index contributed by atoms with van der Waals surface area (Å²) in [5.74, 6) is -6.20. The first kappa shape index (κ1) is 40.5. The van der Waals surface area contributed by atoms with Crippen LogP contribution in [-0.2, 0) is 33.1 Å². The van der Waals surface area contributed by atoms with Crippen LogP contribution in [0, 0.1) is 31.4 Å². The summed E-state index contributed by atoms with van der Waals surface area (Å²) in [6, 6.07) is 1.67. The number of ether oxygens (including phenoxy) is 1. The molecule has 52 heavy (non-hydrogen) atoms. The molecule has 1 aliphatic heterocycles. The van der Waals surface area contributed by atoms with Crippen LogP contribution in [0.3, 0.4) is 0 Å². The minimum absolute atomic E-state index is 0.0349. The Bertz CT molecular complexity index is 1830. The van der Waals surface area contributed by atoms with E-state index in [1.165, 1.54) is 32.9 Å². The second kappa shape index (κ2) is 16.2. The maximum absolute atomic E-state index is 16.6. The monoisotopic (exact) mass is 743 g/mol. The molecule has 2 heterocycles. The lowest BCUT2D eigenvalue weighted by Crippen LogP contribution is -2.41. The van der Waals surface area contributed by atoms with E-state index in [1.54, 1.807) is 19.9 Å². The van der Waals surface area contributed by atoms with E-state index in [0.717, 1.165) is 17.2 Å². The number of aromatic nitrogens is 1. The molecular weight excluding hydrogens is 702 g/mol. The molecule has 0 spiro atoms. The molecule has 1 amide bonds. The second-order valence-electron chi connectivity index (χ2n) is 13.4. The van der Waals surface area contributed by atoms with Crippen LogP contribution in [-0.4, -0.2) is 47.6 Å². The van der Waals surface area contributed by atoms with Gasteiger partial charge in [0.2, 0.25) is 5.91 Å². The zero-order valence-electron chi connectivity index (χ0n) is 29.4. The van der Waals surface area contributed by atoms with Gasteiger partial charge in [0.25, 0.3) is 5.56 Å². The first-order chi connectivity index (χ1) is 24.2. The topological polar surface area (TPSA) is 80.6 Å². The molecule has 3 aromatic rings. The number of nitrogens with one attached hydrogen (secondary N) is 1. The van der Waals surface area contributed by atoms with Gasteiger partial charge >= 0.3 is 18.3 Å². The van der Waals surface area contributed by atoms with E-state index < -0.39 is 82.2 Å². The summed E-state index contributed by atoms with van der Waals surface area (Å²) < 4.78 is 124. The van der Waals surface area contributed by atoms with Crippen molar-refractivity contribution < 1.29 is 49.4 Å². The van der Waals surface area contributed by atoms with Crippen molar-refractivity contribution in [3.63, 3.8) is 0 Å². The van der Waals surface area contributed by atoms with Gasteiger partial charge in [-0.2, -0.15) is 26.3 Å². The fourth-order valence-electron chi connectivity index (χ4n) is 6.45. The zero-order chi connectivity index (χ0) is 38.7. The minimum Gasteiger partial charge on any atom is -0.466 e. The third kappa shape index (κ3) is 9.20. The highest BCUT2D eigenvalue weighted by atomic mass is 19.4. The number of benzene rings is 2. The van der Waals surface area contributed by atoms with Gasteiger partial charge < -0.3 is 19.5 Å². The van der Waals surface area contributed by atoms with E-state index >= 15 is 8.78 Å². The Morgan fingerprint density at radius 1 is 0.942 bits per heavy atom. The average molecular weight is 744 g/mol. The van der Waals surface area contributed by atoms with E-state index in [0.29, 0.717) is 36.3 Å². The quantitative estimate of drug-likeness (QED) is 0.142. The first-order valence-corrected chi connectivity index (χ1v) is 16.9. The van der Waals surface area contributed by atoms with Crippen molar-refractivity contribution in [2.45, 2.75) is 84.7 Å². The molecule has 284 valence electrons. The Balaban J connectivity index is 1.90. The number of pyridine rings is 1. The van der Waals surface area contributed by atoms with Gasteiger partial charge in [-0.15, -0.1) is 0 Å². The Labute approximate surface area is 296 Å². The molecular formula is C37H41F8N3O4.